The quantitative estimate of drug-likeness (QED) is 0.550. The first-order chi connectivity index (χ1) is 15.1. The number of sulfonamides is 1. The van der Waals surface area contributed by atoms with Crippen molar-refractivity contribution in [2.45, 2.75) is 23.5 Å². The van der Waals surface area contributed by atoms with Crippen LogP contribution in [0.2, 0.25) is 10.0 Å². The van der Waals surface area contributed by atoms with Crippen LogP contribution in [0.3, 0.4) is 0 Å². The summed E-state index contributed by atoms with van der Waals surface area (Å²) in [6.07, 6.45) is 0. The van der Waals surface area contributed by atoms with E-state index in [9.17, 15) is 18.3 Å². The number of methoxy groups -OCH3 is 1. The molecule has 9 heteroatoms. The minimum atomic E-state index is -4.29. The van der Waals surface area contributed by atoms with Gasteiger partial charge in [-0.25, -0.2) is 17.5 Å². The standard InChI is InChI=1S/C23H19Cl2NO5S/c1-14-7-10-16(11-8-14)32(29,30)26-20-12-9-15(24)13-18(20)23(28,21(26)22(27)31-2)17-5-3-4-6-19(17)25/h3-13,21,28H,1-2H3. The molecule has 0 aliphatic carbocycles. The molecule has 0 amide bonds. The Morgan fingerprint density at radius 1 is 1.03 bits per heavy atom. The lowest BCUT2D eigenvalue weighted by Crippen LogP contribution is -2.53. The largest absolute Gasteiger partial charge is 0.467 e. The fourth-order valence-corrected chi connectivity index (χ4v) is 6.09. The summed E-state index contributed by atoms with van der Waals surface area (Å²) in [6, 6.07) is 15.3. The van der Waals surface area contributed by atoms with Gasteiger partial charge < -0.3 is 9.84 Å². The van der Waals surface area contributed by atoms with Crippen LogP contribution < -0.4 is 4.31 Å². The van der Waals surface area contributed by atoms with Crippen LogP contribution in [0.5, 0.6) is 0 Å². The summed E-state index contributed by atoms with van der Waals surface area (Å²) >= 11 is 12.6. The van der Waals surface area contributed by atoms with Crippen LogP contribution in [0.15, 0.2) is 71.6 Å². The lowest BCUT2D eigenvalue weighted by atomic mass is 9.82. The maximum absolute atomic E-state index is 13.8. The Morgan fingerprint density at radius 3 is 2.31 bits per heavy atom. The Labute approximate surface area is 196 Å². The Kier molecular flexibility index (Phi) is 5.71. The molecule has 2 unspecified atom stereocenters. The molecule has 6 nitrogen and oxygen atoms in total. The van der Waals surface area contributed by atoms with Gasteiger partial charge in [-0.05, 0) is 43.3 Å². The van der Waals surface area contributed by atoms with Gasteiger partial charge in [-0.2, -0.15) is 0 Å². The molecule has 1 aliphatic heterocycles. The topological polar surface area (TPSA) is 83.9 Å². The number of aliphatic hydroxyl groups is 1. The average Bonchev–Trinajstić information content (AvgIpc) is 3.03. The molecule has 1 aliphatic rings. The maximum atomic E-state index is 13.8. The SMILES string of the molecule is COC(=O)C1N(S(=O)(=O)c2ccc(C)cc2)c2ccc(Cl)cc2C1(O)c1ccccc1Cl. The molecule has 4 rings (SSSR count). The summed E-state index contributed by atoms with van der Waals surface area (Å²) in [7, 11) is -3.16. The van der Waals surface area contributed by atoms with Crippen LogP contribution >= 0.6 is 23.2 Å². The normalized spacial score (nSPS) is 20.2. The Balaban J connectivity index is 2.06. The van der Waals surface area contributed by atoms with E-state index in [1.807, 2.05) is 6.92 Å². The molecule has 3 aromatic rings. The van der Waals surface area contributed by atoms with E-state index in [-0.39, 0.29) is 31.8 Å². The summed E-state index contributed by atoms with van der Waals surface area (Å²) in [6.45, 7) is 1.83. The second kappa shape index (κ2) is 8.08. The van der Waals surface area contributed by atoms with Crippen LogP contribution in [0, 0.1) is 6.92 Å². The van der Waals surface area contributed by atoms with Gasteiger partial charge in [0.1, 0.15) is 0 Å². The molecule has 2 atom stereocenters. The fraction of sp³-hybridized carbons (Fsp3) is 0.174. The van der Waals surface area contributed by atoms with Gasteiger partial charge in [-0.15, -0.1) is 0 Å². The minimum Gasteiger partial charge on any atom is -0.467 e. The van der Waals surface area contributed by atoms with E-state index >= 15 is 0 Å². The van der Waals surface area contributed by atoms with Crippen molar-refractivity contribution >= 4 is 44.9 Å². The molecule has 0 saturated carbocycles. The van der Waals surface area contributed by atoms with Crippen molar-refractivity contribution in [2.24, 2.45) is 0 Å². The second-order valence-corrected chi connectivity index (χ2v) is 10.1. The lowest BCUT2D eigenvalue weighted by Gasteiger charge is -2.33. The number of fused-ring (bicyclic) bond motifs is 1. The molecule has 0 radical (unpaired) electrons. The molecule has 1 N–H and O–H groups in total. The predicted octanol–water partition coefficient (Wildman–Crippen LogP) is 4.29. The maximum Gasteiger partial charge on any atom is 0.333 e. The van der Waals surface area contributed by atoms with Crippen molar-refractivity contribution in [1.82, 2.24) is 0 Å². The van der Waals surface area contributed by atoms with Crippen LogP contribution in [0.4, 0.5) is 5.69 Å². The molecule has 166 valence electrons. The molecule has 0 saturated heterocycles. The van der Waals surface area contributed by atoms with Crippen molar-refractivity contribution in [3.8, 4) is 0 Å². The highest BCUT2D eigenvalue weighted by molar-refractivity contribution is 7.93. The number of aryl methyl sites for hydroxylation is 1. The number of hydrogen-bond acceptors (Lipinski definition) is 5. The third-order valence-corrected chi connectivity index (χ3v) is 7.88. The van der Waals surface area contributed by atoms with Gasteiger partial charge in [0.15, 0.2) is 11.6 Å². The number of benzene rings is 3. The van der Waals surface area contributed by atoms with Gasteiger partial charge >= 0.3 is 5.97 Å². The smallest absolute Gasteiger partial charge is 0.333 e. The number of carbonyl (C=O) groups excluding carboxylic acids is 1. The average molecular weight is 492 g/mol. The first-order valence-electron chi connectivity index (χ1n) is 9.58. The van der Waals surface area contributed by atoms with E-state index in [2.05, 4.69) is 0 Å². The van der Waals surface area contributed by atoms with E-state index in [1.165, 1.54) is 36.4 Å². The number of esters is 1. The zero-order valence-corrected chi connectivity index (χ0v) is 19.4. The van der Waals surface area contributed by atoms with Crippen LogP contribution in [0.1, 0.15) is 16.7 Å². The van der Waals surface area contributed by atoms with Crippen molar-refractivity contribution in [3.05, 3.63) is 93.5 Å². The summed E-state index contributed by atoms with van der Waals surface area (Å²) in [4.78, 5) is 13.0. The molecule has 0 spiro atoms. The first-order valence-corrected chi connectivity index (χ1v) is 11.8. The number of carbonyl (C=O) groups is 1. The summed E-state index contributed by atoms with van der Waals surface area (Å²) in [5, 5.41) is 12.5. The fourth-order valence-electron chi connectivity index (χ4n) is 3.99. The Morgan fingerprint density at radius 2 is 1.69 bits per heavy atom. The van der Waals surface area contributed by atoms with Crippen molar-refractivity contribution in [3.63, 3.8) is 0 Å². The highest BCUT2D eigenvalue weighted by Crippen LogP contribution is 2.52. The van der Waals surface area contributed by atoms with Gasteiger partial charge in [0, 0.05) is 21.2 Å². The molecule has 32 heavy (non-hydrogen) atoms. The van der Waals surface area contributed by atoms with Crippen LogP contribution in [0.25, 0.3) is 0 Å². The third-order valence-electron chi connectivity index (χ3n) is 5.52. The number of hydrogen-bond donors (Lipinski definition) is 1. The molecular weight excluding hydrogens is 473 g/mol. The van der Waals surface area contributed by atoms with Crippen LogP contribution in [-0.2, 0) is 25.2 Å². The highest BCUT2D eigenvalue weighted by atomic mass is 35.5. The van der Waals surface area contributed by atoms with Gasteiger partial charge in [-0.3, -0.25) is 0 Å². The van der Waals surface area contributed by atoms with E-state index in [1.54, 1.807) is 30.3 Å². The summed E-state index contributed by atoms with van der Waals surface area (Å²) in [5.41, 5.74) is -0.891. The minimum absolute atomic E-state index is 0.0405. The zero-order chi connectivity index (χ0) is 23.3. The number of anilines is 1. The highest BCUT2D eigenvalue weighted by Gasteiger charge is 2.60. The van der Waals surface area contributed by atoms with Gasteiger partial charge in [-0.1, -0.05) is 59.1 Å². The Hall–Kier alpha value is -2.58. The zero-order valence-electron chi connectivity index (χ0n) is 17.1. The molecule has 1 heterocycles. The van der Waals surface area contributed by atoms with Gasteiger partial charge in [0.2, 0.25) is 0 Å². The second-order valence-electron chi connectivity index (χ2n) is 7.45. The number of ether oxygens (including phenoxy) is 1. The van der Waals surface area contributed by atoms with Gasteiger partial charge in [0.25, 0.3) is 10.0 Å². The van der Waals surface area contributed by atoms with Crippen molar-refractivity contribution in [1.29, 1.82) is 0 Å². The van der Waals surface area contributed by atoms with Crippen LogP contribution in [-0.4, -0.2) is 32.6 Å². The van der Waals surface area contributed by atoms with Crippen molar-refractivity contribution in [2.75, 3.05) is 11.4 Å². The van der Waals surface area contributed by atoms with E-state index in [0.29, 0.717) is 0 Å². The number of rotatable bonds is 4. The molecular formula is C23H19Cl2NO5S. The lowest BCUT2D eigenvalue weighted by molar-refractivity contribution is -0.146. The van der Waals surface area contributed by atoms with Gasteiger partial charge in [0.05, 0.1) is 17.7 Å². The Bertz CT molecular complexity index is 1310. The van der Waals surface area contributed by atoms with E-state index in [0.717, 1.165) is 17.0 Å². The van der Waals surface area contributed by atoms with E-state index in [4.69, 9.17) is 27.9 Å². The predicted molar refractivity (Wildman–Crippen MR) is 123 cm³/mol. The molecule has 3 aromatic carbocycles. The number of nitrogens with zero attached hydrogens (tertiary/aromatic N) is 1. The molecule has 0 aromatic heterocycles. The molecule has 0 bridgehead atoms. The first kappa shape index (κ1) is 22.6. The van der Waals surface area contributed by atoms with E-state index < -0.39 is 27.6 Å². The third kappa shape index (κ3) is 3.36. The van der Waals surface area contributed by atoms with Crippen molar-refractivity contribution < 1.29 is 23.1 Å². The summed E-state index contributed by atoms with van der Waals surface area (Å²) in [5.74, 6) is -0.949. The molecule has 0 fully saturated rings. The number of halogens is 2. The summed E-state index contributed by atoms with van der Waals surface area (Å²) < 4.78 is 33.4. The monoisotopic (exact) mass is 491 g/mol.